The zero-order valence-electron chi connectivity index (χ0n) is 11.4. The molecule has 0 aliphatic carbocycles. The molecule has 6 nitrogen and oxygen atoms in total. The molecule has 0 aromatic carbocycles. The van der Waals surface area contributed by atoms with Gasteiger partial charge in [0.25, 0.3) is 0 Å². The van der Waals surface area contributed by atoms with Crippen LogP contribution < -0.4 is 5.32 Å². The van der Waals surface area contributed by atoms with Crippen molar-refractivity contribution in [3.05, 3.63) is 11.4 Å². The second kappa shape index (κ2) is 8.08. The van der Waals surface area contributed by atoms with Gasteiger partial charge in [-0.15, -0.1) is 0 Å². The molecule has 0 aromatic heterocycles. The molecule has 106 valence electrons. The van der Waals surface area contributed by atoms with E-state index >= 15 is 0 Å². The Morgan fingerprint density at radius 2 is 2.32 bits per heavy atom. The number of carbonyl (C=O) groups is 2. The average molecular weight is 285 g/mol. The highest BCUT2D eigenvalue weighted by atomic mass is 31.1. The Labute approximate surface area is 115 Å². The van der Waals surface area contributed by atoms with E-state index in [4.69, 9.17) is 11.1 Å². The minimum atomic E-state index is -0.857. The quantitative estimate of drug-likeness (QED) is 0.443. The van der Waals surface area contributed by atoms with E-state index in [0.29, 0.717) is 25.9 Å². The van der Waals surface area contributed by atoms with Crippen LogP contribution in [-0.4, -0.2) is 62.3 Å². The molecule has 1 heterocycles. The van der Waals surface area contributed by atoms with Crippen molar-refractivity contribution in [2.45, 2.75) is 18.9 Å². The molecule has 1 N–H and O–H groups in total. The lowest BCUT2D eigenvalue weighted by Gasteiger charge is -2.24. The van der Waals surface area contributed by atoms with Crippen molar-refractivity contribution in [3.8, 4) is 0 Å². The highest BCUT2D eigenvalue weighted by Crippen LogP contribution is 2.33. The lowest BCUT2D eigenvalue weighted by molar-refractivity contribution is -0.136. The average Bonchev–Trinajstić information content (AvgIpc) is 2.87. The summed E-state index contributed by atoms with van der Waals surface area (Å²) in [6.45, 7) is 9.87. The molecule has 7 heteroatoms. The Bertz CT molecular complexity index is 370. The summed E-state index contributed by atoms with van der Waals surface area (Å²) in [5.41, 5.74) is 0. The molecule has 1 saturated heterocycles. The van der Waals surface area contributed by atoms with E-state index in [1.54, 1.807) is 11.9 Å². The number of nitrogens with one attached hydrogen (secondary N) is 1. The van der Waals surface area contributed by atoms with Gasteiger partial charge in [0.1, 0.15) is 12.6 Å². The van der Waals surface area contributed by atoms with Gasteiger partial charge in [-0.05, 0) is 19.5 Å². The number of carbonyl (C=O) groups excluding carboxylic acids is 2. The van der Waals surface area contributed by atoms with Crippen LogP contribution in [0.2, 0.25) is 0 Å². The molecule has 1 aliphatic rings. The molecular weight excluding hydrogens is 265 g/mol. The van der Waals surface area contributed by atoms with E-state index in [-0.39, 0.29) is 17.9 Å². The molecule has 2 atom stereocenters. The van der Waals surface area contributed by atoms with Gasteiger partial charge in [-0.1, -0.05) is 0 Å². The van der Waals surface area contributed by atoms with Gasteiger partial charge >= 0.3 is 0 Å². The minimum absolute atomic E-state index is 0.0254. The number of likely N-dealkylation sites (N-methyl/N-ethyl adjacent to an activating group) is 1. The monoisotopic (exact) mass is 285 g/mol. The van der Waals surface area contributed by atoms with E-state index in [9.17, 15) is 9.59 Å². The highest BCUT2D eigenvalue weighted by molar-refractivity contribution is 7.52. The molecule has 0 aromatic rings. The lowest BCUT2D eigenvalue weighted by atomic mass is 10.2. The highest BCUT2D eigenvalue weighted by Gasteiger charge is 2.33. The number of rotatable bonds is 6. The van der Waals surface area contributed by atoms with Gasteiger partial charge in [0.15, 0.2) is 0 Å². The first-order valence-electron chi connectivity index (χ1n) is 6.28. The van der Waals surface area contributed by atoms with E-state index in [0.717, 1.165) is 12.8 Å². The van der Waals surface area contributed by atoms with Gasteiger partial charge in [0, 0.05) is 21.7 Å². The van der Waals surface area contributed by atoms with Gasteiger partial charge in [0.2, 0.25) is 18.4 Å². The maximum Gasteiger partial charge on any atom is 0.242 e. The molecule has 0 bridgehead atoms. The first-order chi connectivity index (χ1) is 9.10. The van der Waals surface area contributed by atoms with Crippen molar-refractivity contribution in [1.82, 2.24) is 10.2 Å². The summed E-state index contributed by atoms with van der Waals surface area (Å²) in [7, 11) is 0.730. The van der Waals surface area contributed by atoms with Gasteiger partial charge in [-0.25, -0.2) is 6.57 Å². The van der Waals surface area contributed by atoms with Gasteiger partial charge < -0.3 is 19.6 Å². The van der Waals surface area contributed by atoms with Crippen molar-refractivity contribution >= 4 is 20.0 Å². The lowest BCUT2D eigenvalue weighted by Crippen LogP contribution is -2.45. The fourth-order valence-corrected chi connectivity index (χ4v) is 3.12. The largest absolute Gasteiger partial charge is 0.357 e. The fraction of sp³-hybridized carbons (Fsp3) is 0.750. The summed E-state index contributed by atoms with van der Waals surface area (Å²) >= 11 is 0. The van der Waals surface area contributed by atoms with Crippen LogP contribution in [-0.2, 0) is 14.1 Å². The molecule has 0 saturated carbocycles. The minimum Gasteiger partial charge on any atom is -0.357 e. The Kier molecular flexibility index (Phi) is 6.75. The van der Waals surface area contributed by atoms with Crippen molar-refractivity contribution in [3.63, 3.8) is 0 Å². The molecule has 19 heavy (non-hydrogen) atoms. The van der Waals surface area contributed by atoms with Gasteiger partial charge in [-0.2, -0.15) is 0 Å². The van der Waals surface area contributed by atoms with Crippen LogP contribution in [0.3, 0.4) is 0 Å². The molecule has 2 unspecified atom stereocenters. The van der Waals surface area contributed by atoms with Crippen LogP contribution in [0.25, 0.3) is 4.85 Å². The summed E-state index contributed by atoms with van der Waals surface area (Å²) in [5, 5.41) is 2.59. The predicted molar refractivity (Wildman–Crippen MR) is 73.9 cm³/mol. The zero-order chi connectivity index (χ0) is 14.3. The van der Waals surface area contributed by atoms with Crippen molar-refractivity contribution in [1.29, 1.82) is 0 Å². The number of likely N-dealkylation sites (tertiary alicyclic amines) is 1. The normalized spacial score (nSPS) is 19.8. The molecule has 0 radical (unpaired) electrons. The van der Waals surface area contributed by atoms with Crippen molar-refractivity contribution < 1.29 is 14.1 Å². The SMILES string of the molecule is [C-]#[N+]CCOP(C)CC(=O)N1CCCC1C(=O)NC. The Morgan fingerprint density at radius 1 is 1.58 bits per heavy atom. The Morgan fingerprint density at radius 3 is 2.95 bits per heavy atom. The summed E-state index contributed by atoms with van der Waals surface area (Å²) in [5.74, 6) is -0.122. The molecule has 0 spiro atoms. The summed E-state index contributed by atoms with van der Waals surface area (Å²) < 4.78 is 5.44. The molecule has 1 rings (SSSR count). The standard InChI is InChI=1S/C12H20N3O3P/c1-13-6-8-18-19(3)9-11(16)15-7-4-5-10(15)12(17)14-2/h10H,4-9H2,2-3H3,(H,14,17). The summed E-state index contributed by atoms with van der Waals surface area (Å²) in [4.78, 5) is 28.6. The third-order valence-corrected chi connectivity index (χ3v) is 4.33. The van der Waals surface area contributed by atoms with E-state index in [2.05, 4.69) is 10.2 Å². The predicted octanol–water partition coefficient (Wildman–Crippen LogP) is 0.686. The van der Waals surface area contributed by atoms with Gasteiger partial charge in [0.05, 0.1) is 6.16 Å². The third kappa shape index (κ3) is 4.77. The first-order valence-corrected chi connectivity index (χ1v) is 8.17. The molecular formula is C12H20N3O3P. The summed E-state index contributed by atoms with van der Waals surface area (Å²) in [6.07, 6.45) is 1.91. The van der Waals surface area contributed by atoms with Crippen LogP contribution in [0.1, 0.15) is 12.8 Å². The second-order valence-corrected chi connectivity index (χ2v) is 6.19. The first kappa shape index (κ1) is 15.9. The maximum atomic E-state index is 12.1. The maximum absolute atomic E-state index is 12.1. The van der Waals surface area contributed by atoms with Crippen molar-refractivity contribution in [2.75, 3.05) is 39.6 Å². The van der Waals surface area contributed by atoms with E-state index in [1.165, 1.54) is 0 Å². The molecule has 2 amide bonds. The van der Waals surface area contributed by atoms with Crippen LogP contribution >= 0.6 is 8.15 Å². The second-order valence-electron chi connectivity index (χ2n) is 4.36. The third-order valence-electron chi connectivity index (χ3n) is 2.99. The van der Waals surface area contributed by atoms with E-state index in [1.807, 2.05) is 6.66 Å². The van der Waals surface area contributed by atoms with Crippen LogP contribution in [0.5, 0.6) is 0 Å². The number of hydrogen-bond donors (Lipinski definition) is 1. The molecule has 1 fully saturated rings. The number of amides is 2. The van der Waals surface area contributed by atoms with Gasteiger partial charge in [-0.3, -0.25) is 9.59 Å². The number of nitrogens with zero attached hydrogens (tertiary/aromatic N) is 2. The van der Waals surface area contributed by atoms with Crippen LogP contribution in [0, 0.1) is 6.57 Å². The van der Waals surface area contributed by atoms with Crippen LogP contribution in [0.4, 0.5) is 0 Å². The van der Waals surface area contributed by atoms with Crippen molar-refractivity contribution in [2.24, 2.45) is 0 Å². The Balaban J connectivity index is 2.44. The smallest absolute Gasteiger partial charge is 0.242 e. The zero-order valence-corrected chi connectivity index (χ0v) is 12.3. The molecule has 1 aliphatic heterocycles. The Hall–Kier alpha value is -1.18. The number of hydrogen-bond acceptors (Lipinski definition) is 3. The topological polar surface area (TPSA) is 63.0 Å². The van der Waals surface area contributed by atoms with E-state index < -0.39 is 8.15 Å². The fourth-order valence-electron chi connectivity index (χ4n) is 2.07. The summed E-state index contributed by atoms with van der Waals surface area (Å²) in [6, 6.07) is -0.329. The van der Waals surface area contributed by atoms with Crippen LogP contribution in [0.15, 0.2) is 0 Å².